The van der Waals surface area contributed by atoms with Crippen LogP contribution in [0.1, 0.15) is 29.0 Å². The highest BCUT2D eigenvalue weighted by molar-refractivity contribution is 6.31. The molecule has 0 unspecified atom stereocenters. The van der Waals surface area contributed by atoms with E-state index in [0.29, 0.717) is 11.1 Å². The van der Waals surface area contributed by atoms with Crippen LogP contribution in [0, 0.1) is 5.95 Å². The second-order valence-corrected chi connectivity index (χ2v) is 7.05. The van der Waals surface area contributed by atoms with Crippen LogP contribution in [0.15, 0.2) is 42.7 Å². The van der Waals surface area contributed by atoms with Crippen molar-refractivity contribution in [1.82, 2.24) is 14.8 Å². The maximum Gasteiger partial charge on any atom is 0.417 e. The lowest BCUT2D eigenvalue weighted by Crippen LogP contribution is -2.42. The fourth-order valence-electron chi connectivity index (χ4n) is 3.37. The van der Waals surface area contributed by atoms with Crippen molar-refractivity contribution >= 4 is 23.2 Å². The Kier molecular flexibility index (Phi) is 4.57. The minimum Gasteiger partial charge on any atom is -0.305 e. The summed E-state index contributed by atoms with van der Waals surface area (Å²) < 4.78 is 54.0. The number of rotatable bonds is 2. The first-order valence-electron chi connectivity index (χ1n) is 8.55. The van der Waals surface area contributed by atoms with E-state index in [1.807, 2.05) is 6.92 Å². The maximum absolute atomic E-state index is 13.5. The minimum absolute atomic E-state index is 0.194. The molecule has 0 aliphatic carbocycles. The van der Waals surface area contributed by atoms with Gasteiger partial charge in [0.05, 0.1) is 22.8 Å². The van der Waals surface area contributed by atoms with Crippen LogP contribution in [0.5, 0.6) is 0 Å². The molecule has 1 amide bonds. The molecular formula is C19H13ClF4N4O. The molecule has 10 heteroatoms. The Morgan fingerprint density at radius 2 is 1.97 bits per heavy atom. The van der Waals surface area contributed by atoms with E-state index in [2.05, 4.69) is 10.1 Å². The molecule has 0 N–H and O–H groups in total. The van der Waals surface area contributed by atoms with Gasteiger partial charge in [-0.2, -0.15) is 22.7 Å². The second-order valence-electron chi connectivity index (χ2n) is 6.65. The SMILES string of the molecule is C[C@H]1CN(c2ccc(C(F)(F)F)c(Cl)c2)C(=O)c2c(-c3ccnc(F)c3)cnn21. The first kappa shape index (κ1) is 19.4. The number of halogens is 5. The number of hydrogen-bond acceptors (Lipinski definition) is 3. The standard InChI is InChI=1S/C19H13ClF4N4O/c1-10-9-27(12-2-3-14(15(20)7-12)19(22,23)24)18(29)17-13(8-26-28(10)17)11-4-5-25-16(21)6-11/h2-8,10H,9H2,1H3/t10-/m0/s1. The third-order valence-corrected chi connectivity index (χ3v) is 5.03. The maximum atomic E-state index is 13.5. The van der Waals surface area contributed by atoms with Crippen LogP contribution < -0.4 is 4.90 Å². The molecule has 29 heavy (non-hydrogen) atoms. The van der Waals surface area contributed by atoms with Gasteiger partial charge in [0.25, 0.3) is 5.91 Å². The lowest BCUT2D eigenvalue weighted by atomic mass is 10.0. The molecule has 3 heterocycles. The smallest absolute Gasteiger partial charge is 0.305 e. The highest BCUT2D eigenvalue weighted by Gasteiger charge is 2.36. The molecule has 4 rings (SSSR count). The third kappa shape index (κ3) is 3.35. The van der Waals surface area contributed by atoms with Crippen LogP contribution in [-0.2, 0) is 6.18 Å². The number of carbonyl (C=O) groups is 1. The van der Waals surface area contributed by atoms with Crippen molar-refractivity contribution < 1.29 is 22.4 Å². The molecule has 5 nitrogen and oxygen atoms in total. The number of amides is 1. The van der Waals surface area contributed by atoms with Crippen molar-refractivity contribution in [2.24, 2.45) is 0 Å². The van der Waals surface area contributed by atoms with Gasteiger partial charge >= 0.3 is 6.18 Å². The Balaban J connectivity index is 1.77. The van der Waals surface area contributed by atoms with Crippen molar-refractivity contribution in [3.63, 3.8) is 0 Å². The van der Waals surface area contributed by atoms with Gasteiger partial charge in [-0.25, -0.2) is 4.98 Å². The zero-order valence-corrected chi connectivity index (χ0v) is 15.7. The molecule has 0 radical (unpaired) electrons. The zero-order chi connectivity index (χ0) is 20.9. The van der Waals surface area contributed by atoms with Gasteiger partial charge in [-0.1, -0.05) is 11.6 Å². The second kappa shape index (κ2) is 6.84. The Bertz CT molecular complexity index is 1110. The van der Waals surface area contributed by atoms with E-state index in [0.717, 1.165) is 12.1 Å². The number of nitrogens with zero attached hydrogens (tertiary/aromatic N) is 4. The Labute approximate surface area is 167 Å². The summed E-state index contributed by atoms with van der Waals surface area (Å²) in [6.45, 7) is 2.01. The molecule has 1 aliphatic rings. The van der Waals surface area contributed by atoms with Crippen LogP contribution in [0.2, 0.25) is 5.02 Å². The summed E-state index contributed by atoms with van der Waals surface area (Å²) in [4.78, 5) is 18.0. The van der Waals surface area contributed by atoms with Gasteiger partial charge < -0.3 is 4.90 Å². The molecule has 0 bridgehead atoms. The fraction of sp³-hybridized carbons (Fsp3) is 0.211. The van der Waals surface area contributed by atoms with E-state index < -0.39 is 28.6 Å². The fourth-order valence-corrected chi connectivity index (χ4v) is 3.65. The van der Waals surface area contributed by atoms with Gasteiger partial charge in [-0.3, -0.25) is 9.48 Å². The van der Waals surface area contributed by atoms with E-state index in [-0.39, 0.29) is 24.0 Å². The number of alkyl halides is 3. The van der Waals surface area contributed by atoms with Crippen LogP contribution in [0.4, 0.5) is 23.2 Å². The van der Waals surface area contributed by atoms with Crippen LogP contribution in [-0.4, -0.2) is 27.2 Å². The Hall–Kier alpha value is -2.94. The van der Waals surface area contributed by atoms with E-state index >= 15 is 0 Å². The van der Waals surface area contributed by atoms with Gasteiger partial charge in [0.1, 0.15) is 5.69 Å². The van der Waals surface area contributed by atoms with Crippen molar-refractivity contribution in [1.29, 1.82) is 0 Å². The monoisotopic (exact) mass is 424 g/mol. The molecule has 150 valence electrons. The van der Waals surface area contributed by atoms with Gasteiger partial charge in [0.2, 0.25) is 5.95 Å². The van der Waals surface area contributed by atoms with Gasteiger partial charge in [0, 0.05) is 30.1 Å². The molecule has 3 aromatic rings. The van der Waals surface area contributed by atoms with E-state index in [9.17, 15) is 22.4 Å². The number of pyridine rings is 1. The van der Waals surface area contributed by atoms with Crippen molar-refractivity contribution in [2.75, 3.05) is 11.4 Å². The molecule has 0 fully saturated rings. The van der Waals surface area contributed by atoms with Crippen LogP contribution in [0.25, 0.3) is 11.1 Å². The molecule has 0 saturated carbocycles. The van der Waals surface area contributed by atoms with E-state index in [1.165, 1.54) is 34.1 Å². The first-order valence-corrected chi connectivity index (χ1v) is 8.92. The topological polar surface area (TPSA) is 51.0 Å². The van der Waals surface area contributed by atoms with Crippen LogP contribution >= 0.6 is 11.6 Å². The lowest BCUT2D eigenvalue weighted by Gasteiger charge is -2.32. The molecular weight excluding hydrogens is 412 g/mol. The Morgan fingerprint density at radius 3 is 2.62 bits per heavy atom. The summed E-state index contributed by atoms with van der Waals surface area (Å²) in [7, 11) is 0. The van der Waals surface area contributed by atoms with Gasteiger partial charge in [0.15, 0.2) is 0 Å². The zero-order valence-electron chi connectivity index (χ0n) is 14.9. The predicted molar refractivity (Wildman–Crippen MR) is 98.3 cm³/mol. The van der Waals surface area contributed by atoms with Gasteiger partial charge in [-0.05, 0) is 36.8 Å². The number of fused-ring (bicyclic) bond motifs is 1. The summed E-state index contributed by atoms with van der Waals surface area (Å²) >= 11 is 5.82. The number of carbonyl (C=O) groups excluding carboxylic acids is 1. The van der Waals surface area contributed by atoms with E-state index in [4.69, 9.17) is 11.6 Å². The normalized spacial score (nSPS) is 16.8. The van der Waals surface area contributed by atoms with E-state index in [1.54, 1.807) is 6.07 Å². The number of benzene rings is 1. The highest BCUT2D eigenvalue weighted by Crippen LogP contribution is 2.38. The largest absolute Gasteiger partial charge is 0.417 e. The highest BCUT2D eigenvalue weighted by atomic mass is 35.5. The summed E-state index contributed by atoms with van der Waals surface area (Å²) in [5.41, 5.74) is 0.306. The minimum atomic E-state index is -4.59. The van der Waals surface area contributed by atoms with Crippen molar-refractivity contribution in [2.45, 2.75) is 19.1 Å². The molecule has 1 atom stereocenters. The third-order valence-electron chi connectivity index (χ3n) is 4.71. The predicted octanol–water partition coefficient (Wildman–Crippen LogP) is 4.98. The molecule has 0 spiro atoms. The van der Waals surface area contributed by atoms with Crippen LogP contribution in [0.3, 0.4) is 0 Å². The number of anilines is 1. The summed E-state index contributed by atoms with van der Waals surface area (Å²) in [5.74, 6) is -1.17. The van der Waals surface area contributed by atoms with Crippen molar-refractivity contribution in [3.05, 3.63) is 65.0 Å². The summed E-state index contributed by atoms with van der Waals surface area (Å²) in [6.07, 6.45) is -1.85. The van der Waals surface area contributed by atoms with Gasteiger partial charge in [-0.15, -0.1) is 0 Å². The Morgan fingerprint density at radius 1 is 1.21 bits per heavy atom. The average Bonchev–Trinajstić information content (AvgIpc) is 3.09. The quantitative estimate of drug-likeness (QED) is 0.431. The van der Waals surface area contributed by atoms with Crippen molar-refractivity contribution in [3.8, 4) is 11.1 Å². The average molecular weight is 425 g/mol. The molecule has 1 aromatic carbocycles. The number of hydrogen-bond donors (Lipinski definition) is 0. The lowest BCUT2D eigenvalue weighted by molar-refractivity contribution is -0.137. The first-order chi connectivity index (χ1) is 13.7. The molecule has 0 saturated heterocycles. The molecule has 2 aromatic heterocycles. The summed E-state index contributed by atoms with van der Waals surface area (Å²) in [5, 5.41) is 3.74. The number of aromatic nitrogens is 3. The molecule has 1 aliphatic heterocycles. The summed E-state index contributed by atoms with van der Waals surface area (Å²) in [6, 6.07) is 5.64.